The van der Waals surface area contributed by atoms with E-state index in [1.54, 1.807) is 0 Å². The van der Waals surface area contributed by atoms with Crippen LogP contribution in [0.5, 0.6) is 11.5 Å². The van der Waals surface area contributed by atoms with Gasteiger partial charge in [-0.2, -0.15) is 0 Å². The van der Waals surface area contributed by atoms with E-state index in [2.05, 4.69) is 12.2 Å². The van der Waals surface area contributed by atoms with Crippen molar-refractivity contribution in [3.63, 3.8) is 0 Å². The minimum atomic E-state index is -0.0358. The summed E-state index contributed by atoms with van der Waals surface area (Å²) < 4.78 is 12.1. The highest BCUT2D eigenvalue weighted by Crippen LogP contribution is 2.23. The van der Waals surface area contributed by atoms with Gasteiger partial charge in [-0.15, -0.1) is 0 Å². The molecule has 0 heterocycles. The first-order valence-electron chi connectivity index (χ1n) is 7.02. The molecule has 1 aliphatic rings. The van der Waals surface area contributed by atoms with Crippen LogP contribution in [0.15, 0.2) is 72.8 Å². The zero-order chi connectivity index (χ0) is 13.6. The molecule has 102 valence electrons. The first-order chi connectivity index (χ1) is 9.92. The molecule has 0 unspecified atom stereocenters. The predicted molar refractivity (Wildman–Crippen MR) is 80.1 cm³/mol. The molecule has 3 rings (SSSR count). The Kier molecular flexibility index (Phi) is 4.02. The van der Waals surface area contributed by atoms with E-state index in [4.69, 9.17) is 9.47 Å². The Morgan fingerprint density at radius 3 is 2.00 bits per heavy atom. The number of ether oxygens (including phenoxy) is 2. The molecule has 2 nitrogen and oxygen atoms in total. The van der Waals surface area contributed by atoms with E-state index in [0.29, 0.717) is 0 Å². The van der Waals surface area contributed by atoms with Crippen molar-refractivity contribution in [2.24, 2.45) is 0 Å². The first-order valence-corrected chi connectivity index (χ1v) is 7.02. The van der Waals surface area contributed by atoms with Crippen molar-refractivity contribution in [2.45, 2.75) is 25.0 Å². The van der Waals surface area contributed by atoms with Gasteiger partial charge in [-0.3, -0.25) is 0 Å². The van der Waals surface area contributed by atoms with Crippen LogP contribution in [0.1, 0.15) is 12.8 Å². The highest BCUT2D eigenvalue weighted by molar-refractivity contribution is 5.24. The lowest BCUT2D eigenvalue weighted by molar-refractivity contribution is 0.0722. The molecular weight excluding hydrogens is 248 g/mol. The number of benzene rings is 2. The fourth-order valence-corrected chi connectivity index (χ4v) is 2.35. The Balaban J connectivity index is 1.71. The molecule has 0 N–H and O–H groups in total. The lowest BCUT2D eigenvalue weighted by Crippen LogP contribution is -2.36. The Labute approximate surface area is 119 Å². The summed E-state index contributed by atoms with van der Waals surface area (Å²) in [7, 11) is 0. The van der Waals surface area contributed by atoms with E-state index >= 15 is 0 Å². The highest BCUT2D eigenvalue weighted by atomic mass is 16.5. The van der Waals surface area contributed by atoms with Gasteiger partial charge in [0.05, 0.1) is 0 Å². The molecule has 0 saturated carbocycles. The molecule has 2 aromatic carbocycles. The topological polar surface area (TPSA) is 18.5 Å². The average molecular weight is 266 g/mol. The van der Waals surface area contributed by atoms with Crippen LogP contribution in [-0.2, 0) is 0 Å². The lowest BCUT2D eigenvalue weighted by atomic mass is 10.0. The molecule has 0 aromatic heterocycles. The molecule has 0 spiro atoms. The summed E-state index contributed by atoms with van der Waals surface area (Å²) in [6.07, 6.45) is 6.30. The second-order valence-electron chi connectivity index (χ2n) is 4.87. The normalized spacial score (nSPS) is 21.4. The predicted octanol–water partition coefficient (Wildman–Crippen LogP) is 4.23. The van der Waals surface area contributed by atoms with Gasteiger partial charge in [0, 0.05) is 0 Å². The number of rotatable bonds is 4. The molecule has 1 aliphatic carbocycles. The van der Waals surface area contributed by atoms with Gasteiger partial charge in [-0.05, 0) is 43.2 Å². The summed E-state index contributed by atoms with van der Waals surface area (Å²) in [5, 5.41) is 0. The number of para-hydroxylation sites is 2. The van der Waals surface area contributed by atoms with Gasteiger partial charge in [-0.1, -0.05) is 42.5 Å². The van der Waals surface area contributed by atoms with Crippen molar-refractivity contribution in [1.29, 1.82) is 0 Å². The molecule has 2 heteroatoms. The average Bonchev–Trinajstić information content (AvgIpc) is 2.51. The summed E-state index contributed by atoms with van der Waals surface area (Å²) >= 11 is 0. The molecule has 0 amide bonds. The van der Waals surface area contributed by atoms with Crippen LogP contribution in [0.4, 0.5) is 0 Å². The third-order valence-corrected chi connectivity index (χ3v) is 3.36. The minimum Gasteiger partial charge on any atom is -0.486 e. The number of hydrogen-bond acceptors (Lipinski definition) is 2. The molecular formula is C18H18O2. The van der Waals surface area contributed by atoms with E-state index in [1.165, 1.54) is 0 Å². The van der Waals surface area contributed by atoms with Crippen molar-refractivity contribution >= 4 is 0 Å². The van der Waals surface area contributed by atoms with Crippen molar-refractivity contribution in [2.75, 3.05) is 0 Å². The molecule has 0 bridgehead atoms. The smallest absolute Gasteiger partial charge is 0.154 e. The molecule has 0 fully saturated rings. The van der Waals surface area contributed by atoms with E-state index < -0.39 is 0 Å². The second kappa shape index (κ2) is 6.29. The fraction of sp³-hybridized carbons (Fsp3) is 0.222. The zero-order valence-electron chi connectivity index (χ0n) is 11.3. The van der Waals surface area contributed by atoms with Gasteiger partial charge >= 0.3 is 0 Å². The monoisotopic (exact) mass is 266 g/mol. The molecule has 0 aliphatic heterocycles. The Morgan fingerprint density at radius 1 is 0.750 bits per heavy atom. The van der Waals surface area contributed by atoms with Crippen LogP contribution >= 0.6 is 0 Å². The summed E-state index contributed by atoms with van der Waals surface area (Å²) in [5.74, 6) is 1.78. The number of hydrogen-bond donors (Lipinski definition) is 0. The van der Waals surface area contributed by atoms with E-state index in [0.717, 1.165) is 24.3 Å². The summed E-state index contributed by atoms with van der Waals surface area (Å²) in [4.78, 5) is 0. The van der Waals surface area contributed by atoms with Gasteiger partial charge in [-0.25, -0.2) is 0 Å². The Bertz CT molecular complexity index is 548. The van der Waals surface area contributed by atoms with Crippen molar-refractivity contribution in [3.8, 4) is 11.5 Å². The van der Waals surface area contributed by atoms with Crippen molar-refractivity contribution in [3.05, 3.63) is 72.8 Å². The summed E-state index contributed by atoms with van der Waals surface area (Å²) in [6.45, 7) is 0. The zero-order valence-corrected chi connectivity index (χ0v) is 11.3. The molecule has 20 heavy (non-hydrogen) atoms. The largest absolute Gasteiger partial charge is 0.486 e. The Morgan fingerprint density at radius 2 is 1.35 bits per heavy atom. The van der Waals surface area contributed by atoms with Crippen LogP contribution in [-0.4, -0.2) is 12.2 Å². The third-order valence-electron chi connectivity index (χ3n) is 3.36. The SMILES string of the molecule is C1=C[C@@H](Oc2ccccc2)[C@H](Oc2ccccc2)CC1. The quantitative estimate of drug-likeness (QED) is 0.771. The van der Waals surface area contributed by atoms with Crippen molar-refractivity contribution < 1.29 is 9.47 Å². The summed E-state index contributed by atoms with van der Waals surface area (Å²) in [5.41, 5.74) is 0. The molecule has 0 radical (unpaired) electrons. The van der Waals surface area contributed by atoms with Gasteiger partial charge in [0.25, 0.3) is 0 Å². The Hall–Kier alpha value is -2.22. The van der Waals surface area contributed by atoms with Gasteiger partial charge in [0.1, 0.15) is 17.6 Å². The van der Waals surface area contributed by atoms with Gasteiger partial charge in [0.15, 0.2) is 6.10 Å². The van der Waals surface area contributed by atoms with Crippen LogP contribution in [0.2, 0.25) is 0 Å². The molecule has 2 atom stereocenters. The second-order valence-corrected chi connectivity index (χ2v) is 4.87. The first kappa shape index (κ1) is 12.8. The number of allylic oxidation sites excluding steroid dienone is 1. The third kappa shape index (κ3) is 3.21. The maximum absolute atomic E-state index is 6.06. The molecule has 0 saturated heterocycles. The standard InChI is InChI=1S/C18H18O2/c1-3-9-15(10-4-1)19-17-13-7-8-14-18(17)20-16-11-5-2-6-12-16/h1-7,9-13,17-18H,8,14H2/t17-,18-/m1/s1. The van der Waals surface area contributed by atoms with Gasteiger partial charge < -0.3 is 9.47 Å². The van der Waals surface area contributed by atoms with Crippen LogP contribution in [0, 0.1) is 0 Å². The minimum absolute atomic E-state index is 0.0358. The maximum atomic E-state index is 6.06. The van der Waals surface area contributed by atoms with Crippen LogP contribution in [0.3, 0.4) is 0 Å². The lowest BCUT2D eigenvalue weighted by Gasteiger charge is -2.28. The van der Waals surface area contributed by atoms with Crippen LogP contribution < -0.4 is 9.47 Å². The van der Waals surface area contributed by atoms with Crippen LogP contribution in [0.25, 0.3) is 0 Å². The molecule has 2 aromatic rings. The highest BCUT2D eigenvalue weighted by Gasteiger charge is 2.25. The maximum Gasteiger partial charge on any atom is 0.154 e. The van der Waals surface area contributed by atoms with E-state index in [1.807, 2.05) is 60.7 Å². The van der Waals surface area contributed by atoms with Gasteiger partial charge in [0.2, 0.25) is 0 Å². The van der Waals surface area contributed by atoms with E-state index in [-0.39, 0.29) is 12.2 Å². The van der Waals surface area contributed by atoms with E-state index in [9.17, 15) is 0 Å². The summed E-state index contributed by atoms with van der Waals surface area (Å²) in [6, 6.07) is 19.8. The fourth-order valence-electron chi connectivity index (χ4n) is 2.35. The van der Waals surface area contributed by atoms with Crippen molar-refractivity contribution in [1.82, 2.24) is 0 Å².